The monoisotopic (exact) mass is 397 g/mol. The van der Waals surface area contributed by atoms with Gasteiger partial charge < -0.3 is 14.7 Å². The minimum Gasteiger partial charge on any atom is -0.391 e. The van der Waals surface area contributed by atoms with Gasteiger partial charge in [-0.25, -0.2) is 4.98 Å². The van der Waals surface area contributed by atoms with Crippen molar-refractivity contribution >= 4 is 29.0 Å². The minimum absolute atomic E-state index is 0.203. The topological polar surface area (TPSA) is 65.9 Å². The summed E-state index contributed by atoms with van der Waals surface area (Å²) in [7, 11) is 0. The van der Waals surface area contributed by atoms with Crippen LogP contribution in [-0.4, -0.2) is 83.1 Å². The van der Waals surface area contributed by atoms with Gasteiger partial charge in [0, 0.05) is 43.3 Å². The van der Waals surface area contributed by atoms with Crippen LogP contribution >= 0.6 is 23.1 Å². The molecule has 2 aliphatic heterocycles. The Morgan fingerprint density at radius 3 is 2.77 bits per heavy atom. The summed E-state index contributed by atoms with van der Waals surface area (Å²) in [4.78, 5) is 21.4. The van der Waals surface area contributed by atoms with Crippen LogP contribution < -0.4 is 0 Å². The zero-order valence-electron chi connectivity index (χ0n) is 15.2. The molecule has 1 aromatic heterocycles. The number of ether oxygens (including phenoxy) is 1. The number of likely N-dealkylation sites (tertiary alicyclic amines) is 1. The molecule has 3 aliphatic rings. The smallest absolute Gasteiger partial charge is 0.233 e. The van der Waals surface area contributed by atoms with Crippen LogP contribution in [0, 0.1) is 18.8 Å². The van der Waals surface area contributed by atoms with Gasteiger partial charge in [0.1, 0.15) is 0 Å². The molecule has 26 heavy (non-hydrogen) atoms. The second-order valence-electron chi connectivity index (χ2n) is 7.62. The van der Waals surface area contributed by atoms with Gasteiger partial charge in [-0.2, -0.15) is 0 Å². The van der Waals surface area contributed by atoms with E-state index in [0.29, 0.717) is 17.6 Å². The van der Waals surface area contributed by atoms with Gasteiger partial charge in [-0.05, 0) is 31.6 Å². The molecule has 1 N–H and O–H groups in total. The van der Waals surface area contributed by atoms with Gasteiger partial charge >= 0.3 is 0 Å². The van der Waals surface area contributed by atoms with E-state index in [1.54, 1.807) is 11.3 Å². The lowest BCUT2D eigenvalue weighted by Crippen LogP contribution is -2.53. The number of fused-ring (bicyclic) bond motifs is 1. The fraction of sp³-hybridized carbons (Fsp3) is 0.778. The number of thioether (sulfide) groups is 1. The molecule has 3 fully saturated rings. The number of morpholine rings is 1. The number of aromatic nitrogens is 1. The largest absolute Gasteiger partial charge is 0.391 e. The third-order valence-corrected chi connectivity index (χ3v) is 8.02. The zero-order chi connectivity index (χ0) is 18.1. The number of hydrogen-bond acceptors (Lipinski definition) is 7. The summed E-state index contributed by atoms with van der Waals surface area (Å²) in [6, 6.07) is 0.225. The summed E-state index contributed by atoms with van der Waals surface area (Å²) in [6.07, 6.45) is 1.53. The van der Waals surface area contributed by atoms with E-state index in [-0.39, 0.29) is 18.1 Å². The lowest BCUT2D eigenvalue weighted by Gasteiger charge is -2.43. The molecule has 4 atom stereocenters. The zero-order valence-corrected chi connectivity index (χ0v) is 16.8. The number of aliphatic hydroxyl groups excluding tert-OH is 1. The third-order valence-electron chi connectivity index (χ3n) is 5.89. The van der Waals surface area contributed by atoms with Crippen molar-refractivity contribution in [3.8, 4) is 0 Å². The number of amides is 1. The maximum atomic E-state index is 12.6. The first-order valence-electron chi connectivity index (χ1n) is 9.42. The van der Waals surface area contributed by atoms with Gasteiger partial charge in [0.05, 0.1) is 25.1 Å². The molecule has 3 heterocycles. The van der Waals surface area contributed by atoms with Crippen LogP contribution in [0.5, 0.6) is 0 Å². The maximum absolute atomic E-state index is 12.6. The van der Waals surface area contributed by atoms with E-state index >= 15 is 0 Å². The normalized spacial score (nSPS) is 32.6. The quantitative estimate of drug-likeness (QED) is 0.777. The predicted molar refractivity (Wildman–Crippen MR) is 103 cm³/mol. The van der Waals surface area contributed by atoms with E-state index in [4.69, 9.17) is 4.74 Å². The minimum atomic E-state index is -0.280. The van der Waals surface area contributed by atoms with Crippen LogP contribution in [0.4, 0.5) is 0 Å². The number of hydrogen-bond donors (Lipinski definition) is 1. The van der Waals surface area contributed by atoms with Crippen LogP contribution in [0.3, 0.4) is 0 Å². The van der Waals surface area contributed by atoms with Crippen LogP contribution in [0.15, 0.2) is 9.72 Å². The molecule has 0 bridgehead atoms. The van der Waals surface area contributed by atoms with Crippen molar-refractivity contribution in [3.63, 3.8) is 0 Å². The number of aliphatic hydroxyl groups is 1. The van der Waals surface area contributed by atoms with Crippen molar-refractivity contribution in [1.82, 2.24) is 14.8 Å². The number of nitrogens with zero attached hydrogens (tertiary/aromatic N) is 3. The van der Waals surface area contributed by atoms with Crippen molar-refractivity contribution in [2.45, 2.75) is 36.3 Å². The summed E-state index contributed by atoms with van der Waals surface area (Å²) >= 11 is 3.14. The van der Waals surface area contributed by atoms with Gasteiger partial charge in [-0.1, -0.05) is 11.8 Å². The number of carbonyl (C=O) groups is 1. The standard InChI is InChI=1S/C18H27N3O3S2/c1-12-10-25-18(19-12)26-11-17(23)21-8-13-6-15(16(22)7-14(13)9-21)20-2-4-24-5-3-20/h10,13-16,22H,2-9,11H2,1H3/t13-,14+,15-,16-/m1/s1. The fourth-order valence-corrected chi connectivity index (χ4v) is 6.28. The SMILES string of the molecule is Cc1csc(SCC(=O)N2C[C@H]3C[C@@H](N4CCOCC4)[C@H](O)C[C@H]3C2)n1. The summed E-state index contributed by atoms with van der Waals surface area (Å²) < 4.78 is 6.41. The maximum Gasteiger partial charge on any atom is 0.233 e. The lowest BCUT2D eigenvalue weighted by atomic mass is 9.77. The molecule has 2 saturated heterocycles. The van der Waals surface area contributed by atoms with Crippen LogP contribution in [0.1, 0.15) is 18.5 Å². The molecule has 1 amide bonds. The van der Waals surface area contributed by atoms with Gasteiger partial charge in [0.25, 0.3) is 0 Å². The van der Waals surface area contributed by atoms with Crippen LogP contribution in [-0.2, 0) is 9.53 Å². The highest BCUT2D eigenvalue weighted by molar-refractivity contribution is 8.01. The van der Waals surface area contributed by atoms with Crippen molar-refractivity contribution in [1.29, 1.82) is 0 Å². The van der Waals surface area contributed by atoms with Crippen LogP contribution in [0.2, 0.25) is 0 Å². The molecule has 6 nitrogen and oxygen atoms in total. The highest BCUT2D eigenvalue weighted by Gasteiger charge is 2.44. The van der Waals surface area contributed by atoms with Crippen molar-refractivity contribution < 1.29 is 14.6 Å². The number of rotatable bonds is 4. The van der Waals surface area contributed by atoms with E-state index in [1.165, 1.54) is 11.8 Å². The second kappa shape index (κ2) is 8.14. The summed E-state index contributed by atoms with van der Waals surface area (Å²) in [5.74, 6) is 1.62. The average Bonchev–Trinajstić information content (AvgIpc) is 3.25. The Labute approximate surface area is 162 Å². The van der Waals surface area contributed by atoms with Gasteiger partial charge in [0.15, 0.2) is 4.34 Å². The Morgan fingerprint density at radius 1 is 1.35 bits per heavy atom. The molecular formula is C18H27N3O3S2. The van der Waals surface area contributed by atoms with Gasteiger partial charge in [-0.3, -0.25) is 9.69 Å². The second-order valence-corrected chi connectivity index (χ2v) is 9.70. The fourth-order valence-electron chi connectivity index (χ4n) is 4.53. The Kier molecular flexibility index (Phi) is 5.85. The predicted octanol–water partition coefficient (Wildman–Crippen LogP) is 1.47. The molecule has 0 radical (unpaired) electrons. The molecule has 0 aromatic carbocycles. The van der Waals surface area contributed by atoms with E-state index < -0.39 is 0 Å². The first-order chi connectivity index (χ1) is 12.6. The van der Waals surface area contributed by atoms with Crippen molar-refractivity contribution in [2.75, 3.05) is 45.1 Å². The van der Waals surface area contributed by atoms with Crippen LogP contribution in [0.25, 0.3) is 0 Å². The first-order valence-corrected chi connectivity index (χ1v) is 11.3. The van der Waals surface area contributed by atoms with Gasteiger partial charge in [-0.15, -0.1) is 11.3 Å². The molecule has 4 rings (SSSR count). The number of aryl methyl sites for hydroxylation is 1. The lowest BCUT2D eigenvalue weighted by molar-refractivity contribution is -0.127. The molecule has 1 aromatic rings. The molecule has 1 aliphatic carbocycles. The first kappa shape index (κ1) is 18.7. The third kappa shape index (κ3) is 4.09. The Bertz CT molecular complexity index is 635. The van der Waals surface area contributed by atoms with Gasteiger partial charge in [0.2, 0.25) is 5.91 Å². The van der Waals surface area contributed by atoms with Crippen molar-refractivity contribution in [3.05, 3.63) is 11.1 Å². The number of carbonyl (C=O) groups excluding carboxylic acids is 1. The summed E-state index contributed by atoms with van der Waals surface area (Å²) in [5.41, 5.74) is 1.01. The molecule has 1 saturated carbocycles. The van der Waals surface area contributed by atoms with E-state index in [2.05, 4.69) is 9.88 Å². The highest BCUT2D eigenvalue weighted by Crippen LogP contribution is 2.38. The molecule has 8 heteroatoms. The average molecular weight is 398 g/mol. The molecule has 0 unspecified atom stereocenters. The molecule has 0 spiro atoms. The van der Waals surface area contributed by atoms with Crippen molar-refractivity contribution in [2.24, 2.45) is 11.8 Å². The molecular weight excluding hydrogens is 370 g/mol. The van der Waals surface area contributed by atoms with E-state index in [1.807, 2.05) is 17.2 Å². The Hall–Kier alpha value is -0.670. The Balaban J connectivity index is 1.31. The molecule has 144 valence electrons. The van der Waals surface area contributed by atoms with E-state index in [9.17, 15) is 9.90 Å². The summed E-state index contributed by atoms with van der Waals surface area (Å²) in [5, 5.41) is 12.7. The Morgan fingerprint density at radius 2 is 2.08 bits per heavy atom. The number of thiazole rings is 1. The summed E-state index contributed by atoms with van der Waals surface area (Å²) in [6.45, 7) is 6.95. The highest BCUT2D eigenvalue weighted by atomic mass is 32.2. The van der Waals surface area contributed by atoms with E-state index in [0.717, 1.165) is 62.3 Å².